The van der Waals surface area contributed by atoms with E-state index in [1.54, 1.807) is 23.9 Å². The first-order valence-electron chi connectivity index (χ1n) is 6.67. The molecule has 3 rings (SSSR count). The summed E-state index contributed by atoms with van der Waals surface area (Å²) in [5.41, 5.74) is 7.30. The van der Waals surface area contributed by atoms with Gasteiger partial charge in [0, 0.05) is 5.56 Å². The van der Waals surface area contributed by atoms with Crippen molar-refractivity contribution in [3.05, 3.63) is 18.2 Å². The zero-order valence-electron chi connectivity index (χ0n) is 11.7. The number of anilines is 1. The van der Waals surface area contributed by atoms with E-state index in [0.29, 0.717) is 43.6 Å². The van der Waals surface area contributed by atoms with Crippen molar-refractivity contribution in [2.75, 3.05) is 32.7 Å². The largest absolute Gasteiger partial charge is 0.495 e. The third kappa shape index (κ3) is 2.96. The van der Waals surface area contributed by atoms with Crippen molar-refractivity contribution < 1.29 is 14.2 Å². The minimum atomic E-state index is -0.0448. The number of hydrogen-bond donors (Lipinski definition) is 1. The Labute approximate surface area is 121 Å². The number of nitrogen functional groups attached to an aromatic ring is 1. The zero-order chi connectivity index (χ0) is 14.7. The quantitative estimate of drug-likeness (QED) is 0.811. The Balaban J connectivity index is 1.82. The molecule has 1 aromatic carbocycles. The number of nitrogens with two attached hydrogens (primary N) is 1. The monoisotopic (exact) mass is 291 g/mol. The molecule has 0 amide bonds. The number of ether oxygens (including phenoxy) is 3. The number of hydrogen-bond acceptors (Lipinski definition) is 7. The van der Waals surface area contributed by atoms with Gasteiger partial charge in [-0.05, 0) is 28.6 Å². The molecular weight excluding hydrogens is 274 g/mol. The Kier molecular flexibility index (Phi) is 3.98. The summed E-state index contributed by atoms with van der Waals surface area (Å²) in [7, 11) is 1.58. The van der Waals surface area contributed by atoms with Crippen molar-refractivity contribution in [1.29, 1.82) is 0 Å². The summed E-state index contributed by atoms with van der Waals surface area (Å²) in [5.74, 6) is 1.26. The lowest BCUT2D eigenvalue weighted by Crippen LogP contribution is -2.32. The molecule has 1 saturated heterocycles. The van der Waals surface area contributed by atoms with Crippen LogP contribution in [0.15, 0.2) is 18.2 Å². The molecule has 0 aliphatic carbocycles. The van der Waals surface area contributed by atoms with E-state index in [1.807, 2.05) is 6.07 Å². The van der Waals surface area contributed by atoms with Crippen LogP contribution in [0.3, 0.4) is 0 Å². The molecule has 0 bridgehead atoms. The van der Waals surface area contributed by atoms with Crippen molar-refractivity contribution in [3.8, 4) is 17.1 Å². The highest BCUT2D eigenvalue weighted by Crippen LogP contribution is 2.27. The smallest absolute Gasteiger partial charge is 0.182 e. The standard InChI is InChI=1S/C13H17N5O3/c1-19-12-3-2-9(6-11(12)14)13-15-16-17-18(13)7-10-8-20-4-5-21-10/h2-3,6,10H,4-5,7-8,14H2,1H3. The van der Waals surface area contributed by atoms with E-state index < -0.39 is 0 Å². The first-order valence-corrected chi connectivity index (χ1v) is 6.67. The molecule has 0 radical (unpaired) electrons. The fourth-order valence-corrected chi connectivity index (χ4v) is 2.24. The Morgan fingerprint density at radius 2 is 2.33 bits per heavy atom. The highest BCUT2D eigenvalue weighted by Gasteiger charge is 2.19. The summed E-state index contributed by atoms with van der Waals surface area (Å²) >= 11 is 0. The predicted octanol–water partition coefficient (Wildman–Crippen LogP) is 0.346. The first-order chi connectivity index (χ1) is 10.3. The summed E-state index contributed by atoms with van der Waals surface area (Å²) in [5, 5.41) is 11.8. The van der Waals surface area contributed by atoms with Gasteiger partial charge in [0.2, 0.25) is 0 Å². The minimum Gasteiger partial charge on any atom is -0.495 e. The molecular formula is C13H17N5O3. The van der Waals surface area contributed by atoms with E-state index in [9.17, 15) is 0 Å². The molecule has 1 atom stereocenters. The zero-order valence-corrected chi connectivity index (χ0v) is 11.7. The van der Waals surface area contributed by atoms with Gasteiger partial charge >= 0.3 is 0 Å². The van der Waals surface area contributed by atoms with Gasteiger partial charge in [0.1, 0.15) is 11.9 Å². The average molecular weight is 291 g/mol. The highest BCUT2D eigenvalue weighted by molar-refractivity contribution is 5.66. The van der Waals surface area contributed by atoms with Crippen LogP contribution >= 0.6 is 0 Å². The summed E-state index contributed by atoms with van der Waals surface area (Å²) in [6.07, 6.45) is -0.0448. The lowest BCUT2D eigenvalue weighted by atomic mass is 10.1. The number of aromatic nitrogens is 4. The van der Waals surface area contributed by atoms with E-state index in [-0.39, 0.29) is 6.10 Å². The van der Waals surface area contributed by atoms with Gasteiger partial charge in [-0.25, -0.2) is 4.68 Å². The lowest BCUT2D eigenvalue weighted by Gasteiger charge is -2.22. The molecule has 0 saturated carbocycles. The molecule has 1 fully saturated rings. The maximum absolute atomic E-state index is 5.92. The van der Waals surface area contributed by atoms with Crippen LogP contribution in [0.4, 0.5) is 5.69 Å². The first kappa shape index (κ1) is 13.8. The Morgan fingerprint density at radius 1 is 1.43 bits per heavy atom. The van der Waals surface area contributed by atoms with Gasteiger partial charge in [-0.15, -0.1) is 5.10 Å². The average Bonchev–Trinajstić information content (AvgIpc) is 2.96. The molecule has 2 heterocycles. The molecule has 1 aromatic heterocycles. The van der Waals surface area contributed by atoms with Gasteiger partial charge in [0.05, 0.1) is 39.2 Å². The van der Waals surface area contributed by atoms with Gasteiger partial charge in [0.25, 0.3) is 0 Å². The lowest BCUT2D eigenvalue weighted by molar-refractivity contribution is -0.0946. The van der Waals surface area contributed by atoms with Gasteiger partial charge < -0.3 is 19.9 Å². The Hall–Kier alpha value is -2.19. The Morgan fingerprint density at radius 3 is 3.05 bits per heavy atom. The van der Waals surface area contributed by atoms with Crippen LogP contribution in [0.1, 0.15) is 0 Å². The summed E-state index contributed by atoms with van der Waals surface area (Å²) in [6.45, 7) is 2.31. The molecule has 1 unspecified atom stereocenters. The minimum absolute atomic E-state index is 0.0448. The van der Waals surface area contributed by atoms with E-state index >= 15 is 0 Å². The van der Waals surface area contributed by atoms with Gasteiger partial charge in [0.15, 0.2) is 5.82 Å². The van der Waals surface area contributed by atoms with Crippen molar-refractivity contribution in [2.45, 2.75) is 12.6 Å². The fourth-order valence-electron chi connectivity index (χ4n) is 2.24. The Bertz CT molecular complexity index is 610. The molecule has 112 valence electrons. The van der Waals surface area contributed by atoms with Crippen molar-refractivity contribution in [2.24, 2.45) is 0 Å². The molecule has 8 nitrogen and oxygen atoms in total. The van der Waals surface area contributed by atoms with Gasteiger partial charge in [-0.2, -0.15) is 0 Å². The third-order valence-electron chi connectivity index (χ3n) is 3.28. The molecule has 2 aromatic rings. The van der Waals surface area contributed by atoms with Crippen LogP contribution in [0, 0.1) is 0 Å². The summed E-state index contributed by atoms with van der Waals surface area (Å²) < 4.78 is 17.8. The maximum atomic E-state index is 5.92. The summed E-state index contributed by atoms with van der Waals surface area (Å²) in [4.78, 5) is 0. The molecule has 0 spiro atoms. The van der Waals surface area contributed by atoms with Crippen LogP contribution < -0.4 is 10.5 Å². The van der Waals surface area contributed by atoms with Gasteiger partial charge in [-0.1, -0.05) is 0 Å². The van der Waals surface area contributed by atoms with E-state index in [4.69, 9.17) is 19.9 Å². The van der Waals surface area contributed by atoms with Gasteiger partial charge in [-0.3, -0.25) is 0 Å². The second-order valence-corrected chi connectivity index (χ2v) is 4.71. The third-order valence-corrected chi connectivity index (χ3v) is 3.28. The van der Waals surface area contributed by atoms with Crippen LogP contribution in [-0.4, -0.2) is 53.2 Å². The maximum Gasteiger partial charge on any atom is 0.182 e. The molecule has 2 N–H and O–H groups in total. The van der Waals surface area contributed by atoms with Crippen LogP contribution in [-0.2, 0) is 16.0 Å². The SMILES string of the molecule is COc1ccc(-c2nnnn2CC2COCCO2)cc1N. The number of nitrogens with zero attached hydrogens (tertiary/aromatic N) is 4. The van der Waals surface area contributed by atoms with E-state index in [2.05, 4.69) is 15.5 Å². The number of tetrazole rings is 1. The van der Waals surface area contributed by atoms with E-state index in [0.717, 1.165) is 5.56 Å². The molecule has 8 heteroatoms. The predicted molar refractivity (Wildman–Crippen MR) is 74.8 cm³/mol. The van der Waals surface area contributed by atoms with Crippen LogP contribution in [0.2, 0.25) is 0 Å². The second-order valence-electron chi connectivity index (χ2n) is 4.71. The topological polar surface area (TPSA) is 97.3 Å². The molecule has 1 aliphatic heterocycles. The fraction of sp³-hybridized carbons (Fsp3) is 0.462. The number of rotatable bonds is 4. The number of methoxy groups -OCH3 is 1. The highest BCUT2D eigenvalue weighted by atomic mass is 16.6. The molecule has 21 heavy (non-hydrogen) atoms. The van der Waals surface area contributed by atoms with E-state index in [1.165, 1.54) is 0 Å². The number of benzene rings is 1. The second kappa shape index (κ2) is 6.06. The van der Waals surface area contributed by atoms with Crippen LogP contribution in [0.25, 0.3) is 11.4 Å². The van der Waals surface area contributed by atoms with Crippen molar-refractivity contribution in [1.82, 2.24) is 20.2 Å². The molecule has 1 aliphatic rings. The normalized spacial score (nSPS) is 18.6. The van der Waals surface area contributed by atoms with Crippen molar-refractivity contribution >= 4 is 5.69 Å². The van der Waals surface area contributed by atoms with Crippen LogP contribution in [0.5, 0.6) is 5.75 Å². The summed E-state index contributed by atoms with van der Waals surface area (Å²) in [6, 6.07) is 5.46. The van der Waals surface area contributed by atoms with Crippen molar-refractivity contribution in [3.63, 3.8) is 0 Å².